The number of H-pyrrole nitrogens is 1. The third-order valence-corrected chi connectivity index (χ3v) is 5.40. The molecule has 1 aliphatic carbocycles. The highest BCUT2D eigenvalue weighted by Gasteiger charge is 2.18. The van der Waals surface area contributed by atoms with Gasteiger partial charge in [-0.25, -0.2) is 4.98 Å². The van der Waals surface area contributed by atoms with E-state index < -0.39 is 0 Å². The fraction of sp³-hybridized carbons (Fsp3) is 0.263. The van der Waals surface area contributed by atoms with Crippen LogP contribution in [0.4, 0.5) is 5.69 Å². The molecule has 2 N–H and O–H groups in total. The predicted octanol–water partition coefficient (Wildman–Crippen LogP) is 3.47. The molecule has 4 rings (SSSR count). The summed E-state index contributed by atoms with van der Waals surface area (Å²) in [6.45, 7) is 1.86. The summed E-state index contributed by atoms with van der Waals surface area (Å²) in [6.07, 6.45) is 6.84. The molecule has 132 valence electrons. The highest BCUT2D eigenvalue weighted by Crippen LogP contribution is 2.26. The predicted molar refractivity (Wildman–Crippen MR) is 102 cm³/mol. The van der Waals surface area contributed by atoms with Crippen LogP contribution >= 0.6 is 11.8 Å². The molecule has 2 heterocycles. The number of thioether (sulfide) groups is 1. The molecular weight excluding hydrogens is 346 g/mol. The highest BCUT2D eigenvalue weighted by molar-refractivity contribution is 8.00. The Bertz CT molecular complexity index is 925. The van der Waals surface area contributed by atoms with Crippen molar-refractivity contribution in [1.82, 2.24) is 20.2 Å². The maximum absolute atomic E-state index is 12.5. The molecule has 0 radical (unpaired) electrons. The number of fused-ring (bicyclic) bond motifs is 1. The summed E-state index contributed by atoms with van der Waals surface area (Å²) < 4.78 is 0. The quantitative estimate of drug-likeness (QED) is 0.677. The Balaban J connectivity index is 1.39. The number of nitrogens with one attached hydrogen (secondary N) is 2. The lowest BCUT2D eigenvalue weighted by Crippen LogP contribution is -2.22. The van der Waals surface area contributed by atoms with Crippen LogP contribution in [0.5, 0.6) is 0 Å². The van der Waals surface area contributed by atoms with Gasteiger partial charge >= 0.3 is 0 Å². The Morgan fingerprint density at radius 3 is 2.85 bits per heavy atom. The number of anilines is 1. The summed E-state index contributed by atoms with van der Waals surface area (Å²) in [5, 5.41) is 10.3. The number of nitrogens with zero attached hydrogens (tertiary/aromatic N) is 3. The van der Waals surface area contributed by atoms with Crippen LogP contribution in [0.2, 0.25) is 0 Å². The first-order valence-corrected chi connectivity index (χ1v) is 9.49. The Hall–Kier alpha value is -2.67. The Morgan fingerprint density at radius 1 is 1.19 bits per heavy atom. The van der Waals surface area contributed by atoms with E-state index in [-0.39, 0.29) is 11.2 Å². The SMILES string of the molecule is C[C@@H](Sc1n[nH]c(-c2ccncc2)n1)C(=O)Nc1ccc2c(c1)CCC2. The van der Waals surface area contributed by atoms with Gasteiger partial charge in [0.2, 0.25) is 11.1 Å². The maximum atomic E-state index is 12.5. The summed E-state index contributed by atoms with van der Waals surface area (Å²) in [4.78, 5) is 20.9. The minimum absolute atomic E-state index is 0.0526. The molecule has 1 amide bonds. The smallest absolute Gasteiger partial charge is 0.237 e. The van der Waals surface area contributed by atoms with Crippen LogP contribution in [0.3, 0.4) is 0 Å². The molecule has 0 fully saturated rings. The van der Waals surface area contributed by atoms with Gasteiger partial charge in [-0.1, -0.05) is 17.8 Å². The number of hydrogen-bond donors (Lipinski definition) is 2. The molecule has 0 bridgehead atoms. The summed E-state index contributed by atoms with van der Waals surface area (Å²) in [5.41, 5.74) is 4.51. The van der Waals surface area contributed by atoms with Crippen molar-refractivity contribution in [2.45, 2.75) is 36.6 Å². The molecule has 0 aliphatic heterocycles. The molecule has 2 aromatic heterocycles. The monoisotopic (exact) mass is 365 g/mol. The van der Waals surface area contributed by atoms with Crippen LogP contribution in [-0.2, 0) is 17.6 Å². The largest absolute Gasteiger partial charge is 0.325 e. The van der Waals surface area contributed by atoms with E-state index in [1.165, 1.54) is 29.3 Å². The third-order valence-electron chi connectivity index (χ3n) is 4.44. The van der Waals surface area contributed by atoms with Gasteiger partial charge in [0.25, 0.3) is 0 Å². The van der Waals surface area contributed by atoms with Crippen molar-refractivity contribution in [3.63, 3.8) is 0 Å². The lowest BCUT2D eigenvalue weighted by molar-refractivity contribution is -0.115. The minimum Gasteiger partial charge on any atom is -0.325 e. The van der Waals surface area contributed by atoms with E-state index in [0.29, 0.717) is 11.0 Å². The van der Waals surface area contributed by atoms with Crippen molar-refractivity contribution in [1.29, 1.82) is 0 Å². The van der Waals surface area contributed by atoms with E-state index in [1.807, 2.05) is 25.1 Å². The molecule has 1 aliphatic rings. The number of benzene rings is 1. The van der Waals surface area contributed by atoms with Gasteiger partial charge in [-0.05, 0) is 61.6 Å². The van der Waals surface area contributed by atoms with Crippen LogP contribution in [0.25, 0.3) is 11.4 Å². The van der Waals surface area contributed by atoms with E-state index in [4.69, 9.17) is 0 Å². The second-order valence-corrected chi connectivity index (χ2v) is 7.60. The lowest BCUT2D eigenvalue weighted by atomic mass is 10.1. The zero-order valence-electron chi connectivity index (χ0n) is 14.4. The van der Waals surface area contributed by atoms with E-state index in [1.54, 1.807) is 12.4 Å². The summed E-state index contributed by atoms with van der Waals surface area (Å²) >= 11 is 1.33. The topological polar surface area (TPSA) is 83.6 Å². The van der Waals surface area contributed by atoms with E-state index >= 15 is 0 Å². The standard InChI is InChI=1S/C19H19N5OS/c1-12(18(25)21-16-6-5-13-3-2-4-15(13)11-16)26-19-22-17(23-24-19)14-7-9-20-10-8-14/h5-12H,2-4H2,1H3,(H,21,25)(H,22,23,24)/t12-/m1/s1. The average Bonchev–Trinajstić information content (AvgIpc) is 3.31. The van der Waals surface area contributed by atoms with Gasteiger partial charge in [0, 0.05) is 23.6 Å². The zero-order chi connectivity index (χ0) is 17.9. The normalized spacial score (nSPS) is 14.0. The molecule has 7 heteroatoms. The first kappa shape index (κ1) is 16.8. The van der Waals surface area contributed by atoms with Gasteiger partial charge in [-0.3, -0.25) is 14.9 Å². The molecule has 26 heavy (non-hydrogen) atoms. The van der Waals surface area contributed by atoms with Crippen LogP contribution in [0, 0.1) is 0 Å². The van der Waals surface area contributed by atoms with Gasteiger partial charge in [-0.2, -0.15) is 0 Å². The van der Waals surface area contributed by atoms with Crippen molar-refractivity contribution in [3.8, 4) is 11.4 Å². The van der Waals surface area contributed by atoms with Crippen LogP contribution in [-0.4, -0.2) is 31.3 Å². The van der Waals surface area contributed by atoms with E-state index in [9.17, 15) is 4.79 Å². The minimum atomic E-state index is -0.302. The van der Waals surface area contributed by atoms with Crippen LogP contribution in [0.1, 0.15) is 24.5 Å². The Kier molecular flexibility index (Phi) is 4.71. The Labute approximate surface area is 155 Å². The molecule has 0 unspecified atom stereocenters. The number of pyridine rings is 1. The summed E-state index contributed by atoms with van der Waals surface area (Å²) in [7, 11) is 0. The zero-order valence-corrected chi connectivity index (χ0v) is 15.2. The summed E-state index contributed by atoms with van der Waals surface area (Å²) in [5.74, 6) is 0.615. The maximum Gasteiger partial charge on any atom is 0.237 e. The average molecular weight is 365 g/mol. The second-order valence-electron chi connectivity index (χ2n) is 6.29. The van der Waals surface area contributed by atoms with Gasteiger partial charge < -0.3 is 5.32 Å². The first-order valence-electron chi connectivity index (χ1n) is 8.61. The van der Waals surface area contributed by atoms with E-state index in [0.717, 1.165) is 24.1 Å². The molecule has 0 saturated carbocycles. The number of amides is 1. The van der Waals surface area contributed by atoms with E-state index in [2.05, 4.69) is 37.6 Å². The van der Waals surface area contributed by atoms with Gasteiger partial charge in [0.05, 0.1) is 5.25 Å². The molecule has 6 nitrogen and oxygen atoms in total. The molecule has 1 aromatic carbocycles. The van der Waals surface area contributed by atoms with Crippen molar-refractivity contribution in [3.05, 3.63) is 53.9 Å². The van der Waals surface area contributed by atoms with Crippen molar-refractivity contribution >= 4 is 23.4 Å². The number of aromatic amines is 1. The number of aromatic nitrogens is 4. The molecule has 1 atom stereocenters. The third kappa shape index (κ3) is 3.62. The number of hydrogen-bond acceptors (Lipinski definition) is 5. The van der Waals surface area contributed by atoms with Gasteiger partial charge in [-0.15, -0.1) is 5.10 Å². The van der Waals surface area contributed by atoms with Crippen molar-refractivity contribution in [2.75, 3.05) is 5.32 Å². The molecule has 0 spiro atoms. The highest BCUT2D eigenvalue weighted by atomic mass is 32.2. The van der Waals surface area contributed by atoms with Gasteiger partial charge in [0.15, 0.2) is 5.82 Å². The van der Waals surface area contributed by atoms with Crippen molar-refractivity contribution in [2.24, 2.45) is 0 Å². The van der Waals surface area contributed by atoms with Gasteiger partial charge in [0.1, 0.15) is 0 Å². The van der Waals surface area contributed by atoms with Crippen LogP contribution < -0.4 is 5.32 Å². The first-order chi connectivity index (χ1) is 12.7. The fourth-order valence-electron chi connectivity index (χ4n) is 3.04. The lowest BCUT2D eigenvalue weighted by Gasteiger charge is -2.11. The fourth-order valence-corrected chi connectivity index (χ4v) is 3.77. The van der Waals surface area contributed by atoms with Crippen molar-refractivity contribution < 1.29 is 4.79 Å². The second kappa shape index (κ2) is 7.29. The van der Waals surface area contributed by atoms with Crippen LogP contribution in [0.15, 0.2) is 47.9 Å². The number of rotatable bonds is 5. The molecule has 3 aromatic rings. The molecule has 0 saturated heterocycles. The molecular formula is C19H19N5OS. The number of carbonyl (C=O) groups excluding carboxylic acids is 1. The Morgan fingerprint density at radius 2 is 2.00 bits per heavy atom. The summed E-state index contributed by atoms with van der Waals surface area (Å²) in [6, 6.07) is 9.91. The number of carbonyl (C=O) groups is 1. The number of aryl methyl sites for hydroxylation is 2.